The van der Waals surface area contributed by atoms with Crippen molar-refractivity contribution in [2.75, 3.05) is 6.54 Å². The summed E-state index contributed by atoms with van der Waals surface area (Å²) in [5, 5.41) is 13.5. The molecule has 0 radical (unpaired) electrons. The maximum atomic E-state index is 12.6. The first-order valence-electron chi connectivity index (χ1n) is 7.22. The Morgan fingerprint density at radius 3 is 2.82 bits per heavy atom. The zero-order valence-corrected chi connectivity index (χ0v) is 12.3. The standard InChI is InChI=1S/C16H17N3O3/c1-2-19-9-12(7-17-19)15(20)18-8-11-5-3-4-6-13(11)14(10-18)16(21)22/h3-7,9,14H,2,8,10H2,1H3,(H,21,22). The molecule has 6 nitrogen and oxygen atoms in total. The Bertz CT molecular complexity index is 723. The first-order chi connectivity index (χ1) is 10.6. The molecular formula is C16H17N3O3. The number of aryl methyl sites for hydroxylation is 1. The Morgan fingerprint density at radius 2 is 2.14 bits per heavy atom. The van der Waals surface area contributed by atoms with Crippen molar-refractivity contribution in [1.82, 2.24) is 14.7 Å². The number of hydrogen-bond acceptors (Lipinski definition) is 3. The summed E-state index contributed by atoms with van der Waals surface area (Å²) < 4.78 is 1.68. The minimum atomic E-state index is -0.908. The van der Waals surface area contributed by atoms with Crippen LogP contribution in [0.5, 0.6) is 0 Å². The van der Waals surface area contributed by atoms with E-state index in [9.17, 15) is 14.7 Å². The van der Waals surface area contributed by atoms with E-state index in [2.05, 4.69) is 5.10 Å². The molecule has 22 heavy (non-hydrogen) atoms. The lowest BCUT2D eigenvalue weighted by Gasteiger charge is -2.32. The number of amides is 1. The lowest BCUT2D eigenvalue weighted by molar-refractivity contribution is -0.139. The van der Waals surface area contributed by atoms with E-state index in [0.717, 1.165) is 11.1 Å². The van der Waals surface area contributed by atoms with Crippen LogP contribution in [0, 0.1) is 0 Å². The van der Waals surface area contributed by atoms with Gasteiger partial charge in [-0.2, -0.15) is 5.10 Å². The van der Waals surface area contributed by atoms with Crippen molar-refractivity contribution in [3.8, 4) is 0 Å². The minimum Gasteiger partial charge on any atom is -0.481 e. The number of fused-ring (bicyclic) bond motifs is 1. The topological polar surface area (TPSA) is 75.4 Å². The average Bonchev–Trinajstić information content (AvgIpc) is 3.02. The average molecular weight is 299 g/mol. The van der Waals surface area contributed by atoms with Gasteiger partial charge >= 0.3 is 5.97 Å². The predicted molar refractivity (Wildman–Crippen MR) is 79.5 cm³/mol. The number of carbonyl (C=O) groups excluding carboxylic acids is 1. The molecule has 1 aromatic carbocycles. The van der Waals surface area contributed by atoms with E-state index in [-0.39, 0.29) is 12.5 Å². The molecule has 1 aliphatic rings. The van der Waals surface area contributed by atoms with Crippen LogP contribution in [-0.2, 0) is 17.9 Å². The molecule has 2 heterocycles. The number of benzene rings is 1. The highest BCUT2D eigenvalue weighted by Crippen LogP contribution is 2.29. The number of carboxylic acids is 1. The van der Waals surface area contributed by atoms with Crippen molar-refractivity contribution in [3.63, 3.8) is 0 Å². The summed E-state index contributed by atoms with van der Waals surface area (Å²) in [6.07, 6.45) is 3.22. The molecule has 1 amide bonds. The highest BCUT2D eigenvalue weighted by molar-refractivity contribution is 5.94. The monoisotopic (exact) mass is 299 g/mol. The van der Waals surface area contributed by atoms with Crippen LogP contribution in [-0.4, -0.2) is 38.2 Å². The van der Waals surface area contributed by atoms with E-state index >= 15 is 0 Å². The third kappa shape index (κ3) is 2.47. The molecule has 1 N–H and O–H groups in total. The second-order valence-electron chi connectivity index (χ2n) is 5.36. The number of rotatable bonds is 3. The van der Waals surface area contributed by atoms with Crippen LogP contribution in [0.15, 0.2) is 36.7 Å². The van der Waals surface area contributed by atoms with E-state index < -0.39 is 11.9 Å². The van der Waals surface area contributed by atoms with Crippen LogP contribution in [0.1, 0.15) is 34.3 Å². The summed E-state index contributed by atoms with van der Waals surface area (Å²) in [4.78, 5) is 25.7. The molecule has 2 aromatic rings. The number of carbonyl (C=O) groups is 2. The third-order valence-corrected chi connectivity index (χ3v) is 3.98. The van der Waals surface area contributed by atoms with Crippen molar-refractivity contribution < 1.29 is 14.7 Å². The van der Waals surface area contributed by atoms with Crippen molar-refractivity contribution in [3.05, 3.63) is 53.3 Å². The van der Waals surface area contributed by atoms with Gasteiger partial charge in [0.15, 0.2) is 0 Å². The SMILES string of the molecule is CCn1cc(C(=O)N2Cc3ccccc3C(C(=O)O)C2)cn1. The van der Waals surface area contributed by atoms with Crippen molar-refractivity contribution >= 4 is 11.9 Å². The molecule has 0 aliphatic carbocycles. The second kappa shape index (κ2) is 5.63. The molecule has 0 saturated heterocycles. The minimum absolute atomic E-state index is 0.180. The first kappa shape index (κ1) is 14.3. The van der Waals surface area contributed by atoms with E-state index in [1.165, 1.54) is 6.20 Å². The molecule has 0 fully saturated rings. The molecule has 0 saturated carbocycles. The Labute approximate surface area is 128 Å². The quantitative estimate of drug-likeness (QED) is 0.936. The summed E-state index contributed by atoms with van der Waals surface area (Å²) in [7, 11) is 0. The maximum absolute atomic E-state index is 12.6. The summed E-state index contributed by atoms with van der Waals surface area (Å²) in [5.41, 5.74) is 2.17. The van der Waals surface area contributed by atoms with Crippen LogP contribution < -0.4 is 0 Å². The number of nitrogens with zero attached hydrogens (tertiary/aromatic N) is 3. The van der Waals surface area contributed by atoms with E-state index in [1.807, 2.05) is 31.2 Å². The summed E-state index contributed by atoms with van der Waals surface area (Å²) in [5.74, 6) is -1.77. The van der Waals surface area contributed by atoms with E-state index in [0.29, 0.717) is 18.7 Å². The van der Waals surface area contributed by atoms with Gasteiger partial charge in [-0.3, -0.25) is 14.3 Å². The summed E-state index contributed by atoms with van der Waals surface area (Å²) >= 11 is 0. The van der Waals surface area contributed by atoms with Gasteiger partial charge in [-0.15, -0.1) is 0 Å². The van der Waals surface area contributed by atoms with Gasteiger partial charge in [-0.05, 0) is 18.1 Å². The lowest BCUT2D eigenvalue weighted by atomic mass is 9.89. The largest absolute Gasteiger partial charge is 0.481 e. The first-order valence-corrected chi connectivity index (χ1v) is 7.22. The second-order valence-corrected chi connectivity index (χ2v) is 5.36. The highest BCUT2D eigenvalue weighted by atomic mass is 16.4. The molecular weight excluding hydrogens is 282 g/mol. The molecule has 0 bridgehead atoms. The number of aromatic nitrogens is 2. The summed E-state index contributed by atoms with van der Waals surface area (Å²) in [6, 6.07) is 7.39. The van der Waals surface area contributed by atoms with Gasteiger partial charge in [0.05, 0.1) is 17.7 Å². The number of aliphatic carboxylic acids is 1. The molecule has 1 aliphatic heterocycles. The smallest absolute Gasteiger partial charge is 0.312 e. The fourth-order valence-electron chi connectivity index (χ4n) is 2.80. The fourth-order valence-corrected chi connectivity index (χ4v) is 2.80. The Balaban J connectivity index is 1.90. The molecule has 3 rings (SSSR count). The van der Waals surface area contributed by atoms with Gasteiger partial charge in [-0.25, -0.2) is 0 Å². The van der Waals surface area contributed by atoms with Crippen molar-refractivity contribution in [2.45, 2.75) is 25.9 Å². The van der Waals surface area contributed by atoms with Gasteiger partial charge in [0.1, 0.15) is 0 Å². The molecule has 1 atom stereocenters. The molecule has 0 spiro atoms. The molecule has 1 aromatic heterocycles. The zero-order chi connectivity index (χ0) is 15.7. The van der Waals surface area contributed by atoms with Crippen LogP contribution >= 0.6 is 0 Å². The van der Waals surface area contributed by atoms with Gasteiger partial charge < -0.3 is 10.0 Å². The van der Waals surface area contributed by atoms with Crippen molar-refractivity contribution in [1.29, 1.82) is 0 Å². The Hall–Kier alpha value is -2.63. The van der Waals surface area contributed by atoms with Crippen LogP contribution in [0.2, 0.25) is 0 Å². The number of hydrogen-bond donors (Lipinski definition) is 1. The van der Waals surface area contributed by atoms with Gasteiger partial charge in [0.25, 0.3) is 5.91 Å². The van der Waals surface area contributed by atoms with Gasteiger partial charge in [-0.1, -0.05) is 24.3 Å². The highest BCUT2D eigenvalue weighted by Gasteiger charge is 2.32. The fraction of sp³-hybridized carbons (Fsp3) is 0.312. The Morgan fingerprint density at radius 1 is 1.36 bits per heavy atom. The summed E-state index contributed by atoms with van der Waals surface area (Å²) in [6.45, 7) is 3.24. The molecule has 6 heteroatoms. The van der Waals surface area contributed by atoms with Gasteiger partial charge in [0, 0.05) is 25.8 Å². The van der Waals surface area contributed by atoms with Crippen LogP contribution in [0.25, 0.3) is 0 Å². The van der Waals surface area contributed by atoms with E-state index in [1.54, 1.807) is 15.8 Å². The predicted octanol–water partition coefficient (Wildman–Crippen LogP) is 1.73. The third-order valence-electron chi connectivity index (χ3n) is 3.98. The molecule has 1 unspecified atom stereocenters. The van der Waals surface area contributed by atoms with E-state index in [4.69, 9.17) is 0 Å². The van der Waals surface area contributed by atoms with Crippen molar-refractivity contribution in [2.24, 2.45) is 0 Å². The number of carboxylic acid groups (broad SMARTS) is 1. The zero-order valence-electron chi connectivity index (χ0n) is 12.3. The van der Waals surface area contributed by atoms with Gasteiger partial charge in [0.2, 0.25) is 0 Å². The van der Waals surface area contributed by atoms with Crippen LogP contribution in [0.3, 0.4) is 0 Å². The normalized spacial score (nSPS) is 17.1. The maximum Gasteiger partial charge on any atom is 0.312 e. The lowest BCUT2D eigenvalue weighted by Crippen LogP contribution is -2.40. The molecule has 114 valence electrons. The van der Waals surface area contributed by atoms with Crippen LogP contribution in [0.4, 0.5) is 0 Å². The Kier molecular flexibility index (Phi) is 3.66.